The van der Waals surface area contributed by atoms with E-state index >= 15 is 0 Å². The van der Waals surface area contributed by atoms with Crippen molar-refractivity contribution in [2.75, 3.05) is 31.1 Å². The molecule has 4 rings (SSSR count). The van der Waals surface area contributed by atoms with E-state index in [1.54, 1.807) is 0 Å². The molecule has 0 bridgehead atoms. The third-order valence-electron chi connectivity index (χ3n) is 5.82. The first kappa shape index (κ1) is 17.1. The van der Waals surface area contributed by atoms with Crippen molar-refractivity contribution < 1.29 is 5.21 Å². The molecule has 0 aliphatic carbocycles. The third-order valence-corrected chi connectivity index (χ3v) is 5.82. The van der Waals surface area contributed by atoms with Crippen LogP contribution in [-0.2, 0) is 12.8 Å². The Morgan fingerprint density at radius 1 is 1.00 bits per heavy atom. The number of oxime groups is 1. The fourth-order valence-electron chi connectivity index (χ4n) is 4.32. The van der Waals surface area contributed by atoms with E-state index in [0.717, 1.165) is 18.5 Å². The SMILES string of the molecule is O/N=C\c1ccc(CCN2CCC(N3CCc4ccccc43)CC2)cc1. The Bertz CT molecular complexity index is 748. The lowest BCUT2D eigenvalue weighted by Crippen LogP contribution is -2.44. The van der Waals surface area contributed by atoms with Crippen LogP contribution in [0.15, 0.2) is 53.7 Å². The van der Waals surface area contributed by atoms with Gasteiger partial charge in [0.2, 0.25) is 0 Å². The first-order valence-electron chi connectivity index (χ1n) is 9.67. The molecule has 1 saturated heterocycles. The molecule has 0 radical (unpaired) electrons. The molecule has 0 saturated carbocycles. The van der Waals surface area contributed by atoms with E-state index in [9.17, 15) is 0 Å². The van der Waals surface area contributed by atoms with Crippen molar-refractivity contribution in [2.45, 2.75) is 31.7 Å². The Labute approximate surface area is 155 Å². The van der Waals surface area contributed by atoms with Gasteiger partial charge in [0.25, 0.3) is 0 Å². The number of hydrogen-bond acceptors (Lipinski definition) is 4. The highest BCUT2D eigenvalue weighted by molar-refractivity contribution is 5.78. The molecule has 4 heteroatoms. The van der Waals surface area contributed by atoms with Gasteiger partial charge in [-0.15, -0.1) is 0 Å². The number of rotatable bonds is 5. The van der Waals surface area contributed by atoms with Gasteiger partial charge in [-0.3, -0.25) is 0 Å². The van der Waals surface area contributed by atoms with E-state index in [2.05, 4.69) is 51.4 Å². The zero-order chi connectivity index (χ0) is 17.8. The minimum absolute atomic E-state index is 0.701. The molecule has 0 aromatic heterocycles. The molecule has 2 aliphatic heterocycles. The van der Waals surface area contributed by atoms with E-state index in [-0.39, 0.29) is 0 Å². The predicted octanol–water partition coefficient (Wildman–Crippen LogP) is 3.56. The summed E-state index contributed by atoms with van der Waals surface area (Å²) in [7, 11) is 0. The maximum absolute atomic E-state index is 8.58. The highest BCUT2D eigenvalue weighted by Crippen LogP contribution is 2.32. The minimum Gasteiger partial charge on any atom is -0.411 e. The monoisotopic (exact) mass is 349 g/mol. The van der Waals surface area contributed by atoms with Gasteiger partial charge in [0.15, 0.2) is 0 Å². The molecule has 0 spiro atoms. The first-order valence-corrected chi connectivity index (χ1v) is 9.67. The second-order valence-electron chi connectivity index (χ2n) is 7.38. The molecule has 0 amide bonds. The molecule has 26 heavy (non-hydrogen) atoms. The van der Waals surface area contributed by atoms with Crippen LogP contribution in [-0.4, -0.2) is 48.5 Å². The summed E-state index contributed by atoms with van der Waals surface area (Å²) in [5.41, 5.74) is 5.26. The fraction of sp³-hybridized carbons (Fsp3) is 0.409. The highest BCUT2D eigenvalue weighted by atomic mass is 16.4. The summed E-state index contributed by atoms with van der Waals surface area (Å²) in [5.74, 6) is 0. The molecule has 0 unspecified atom stereocenters. The van der Waals surface area contributed by atoms with Gasteiger partial charge in [-0.2, -0.15) is 0 Å². The molecule has 1 N–H and O–H groups in total. The summed E-state index contributed by atoms with van der Waals surface area (Å²) >= 11 is 0. The number of fused-ring (bicyclic) bond motifs is 1. The number of nitrogens with zero attached hydrogens (tertiary/aromatic N) is 3. The van der Waals surface area contributed by atoms with Crippen molar-refractivity contribution >= 4 is 11.9 Å². The third kappa shape index (κ3) is 3.75. The standard InChI is InChI=1S/C22H27N3O/c26-23-17-19-7-5-18(6-8-19)9-13-24-14-11-21(12-15-24)25-16-10-20-3-1-2-4-22(20)25/h1-8,17,21,26H,9-16H2/b23-17-. The zero-order valence-electron chi connectivity index (χ0n) is 15.2. The summed E-state index contributed by atoms with van der Waals surface area (Å²) in [6, 6.07) is 17.9. The van der Waals surface area contributed by atoms with E-state index < -0.39 is 0 Å². The molecular weight excluding hydrogens is 322 g/mol. The summed E-state index contributed by atoms with van der Waals surface area (Å²) < 4.78 is 0. The predicted molar refractivity (Wildman–Crippen MR) is 106 cm³/mol. The summed E-state index contributed by atoms with van der Waals surface area (Å²) in [6.07, 6.45) is 6.27. The molecular formula is C22H27N3O. The van der Waals surface area contributed by atoms with Crippen LogP contribution < -0.4 is 4.90 Å². The van der Waals surface area contributed by atoms with Crippen LogP contribution in [0.3, 0.4) is 0 Å². The summed E-state index contributed by atoms with van der Waals surface area (Å²) in [6.45, 7) is 4.70. The molecule has 136 valence electrons. The average Bonchev–Trinajstić information content (AvgIpc) is 3.12. The number of para-hydroxylation sites is 1. The van der Waals surface area contributed by atoms with Crippen molar-refractivity contribution in [3.05, 3.63) is 65.2 Å². The van der Waals surface area contributed by atoms with Crippen LogP contribution in [0.1, 0.15) is 29.5 Å². The first-order chi connectivity index (χ1) is 12.8. The lowest BCUT2D eigenvalue weighted by atomic mass is 10.0. The number of anilines is 1. The van der Waals surface area contributed by atoms with Crippen molar-refractivity contribution in [3.8, 4) is 0 Å². The topological polar surface area (TPSA) is 39.1 Å². The van der Waals surface area contributed by atoms with Gasteiger partial charge in [0.1, 0.15) is 0 Å². The van der Waals surface area contributed by atoms with Gasteiger partial charge >= 0.3 is 0 Å². The Morgan fingerprint density at radius 3 is 2.54 bits per heavy atom. The molecule has 1 fully saturated rings. The highest BCUT2D eigenvalue weighted by Gasteiger charge is 2.28. The van der Waals surface area contributed by atoms with Gasteiger partial charge in [-0.25, -0.2) is 0 Å². The largest absolute Gasteiger partial charge is 0.411 e. The Balaban J connectivity index is 1.26. The number of benzene rings is 2. The van der Waals surface area contributed by atoms with E-state index in [1.165, 1.54) is 61.9 Å². The maximum atomic E-state index is 8.58. The van der Waals surface area contributed by atoms with Crippen molar-refractivity contribution in [3.63, 3.8) is 0 Å². The van der Waals surface area contributed by atoms with Crippen molar-refractivity contribution in [1.29, 1.82) is 0 Å². The van der Waals surface area contributed by atoms with Crippen LogP contribution in [0.25, 0.3) is 0 Å². The maximum Gasteiger partial charge on any atom is 0.0733 e. The number of likely N-dealkylation sites (tertiary alicyclic amines) is 1. The van der Waals surface area contributed by atoms with Gasteiger partial charge in [0, 0.05) is 37.9 Å². The van der Waals surface area contributed by atoms with Gasteiger partial charge in [0.05, 0.1) is 6.21 Å². The molecule has 2 aromatic carbocycles. The number of hydrogen-bond donors (Lipinski definition) is 1. The van der Waals surface area contributed by atoms with Gasteiger partial charge in [-0.1, -0.05) is 47.6 Å². The van der Waals surface area contributed by atoms with Crippen LogP contribution in [0.4, 0.5) is 5.69 Å². The van der Waals surface area contributed by atoms with Crippen molar-refractivity contribution in [1.82, 2.24) is 4.90 Å². The second kappa shape index (κ2) is 7.92. The lowest BCUT2D eigenvalue weighted by Gasteiger charge is -2.38. The quantitative estimate of drug-likeness (QED) is 0.510. The zero-order valence-corrected chi connectivity index (χ0v) is 15.2. The molecule has 2 heterocycles. The molecule has 2 aromatic rings. The van der Waals surface area contributed by atoms with E-state index in [4.69, 9.17) is 5.21 Å². The minimum atomic E-state index is 0.701. The molecule has 2 aliphatic rings. The number of piperidine rings is 1. The van der Waals surface area contributed by atoms with Crippen LogP contribution >= 0.6 is 0 Å². The van der Waals surface area contributed by atoms with Gasteiger partial charge in [-0.05, 0) is 48.4 Å². The van der Waals surface area contributed by atoms with Crippen LogP contribution in [0, 0.1) is 0 Å². The molecule has 4 nitrogen and oxygen atoms in total. The normalized spacial score (nSPS) is 18.5. The lowest BCUT2D eigenvalue weighted by molar-refractivity contribution is 0.212. The summed E-state index contributed by atoms with van der Waals surface area (Å²) in [5, 5.41) is 11.6. The van der Waals surface area contributed by atoms with E-state index in [1.807, 2.05) is 12.1 Å². The second-order valence-corrected chi connectivity index (χ2v) is 7.38. The fourth-order valence-corrected chi connectivity index (χ4v) is 4.32. The van der Waals surface area contributed by atoms with Crippen molar-refractivity contribution in [2.24, 2.45) is 5.16 Å². The molecule has 0 atom stereocenters. The smallest absolute Gasteiger partial charge is 0.0733 e. The van der Waals surface area contributed by atoms with Crippen LogP contribution in [0.5, 0.6) is 0 Å². The van der Waals surface area contributed by atoms with Gasteiger partial charge < -0.3 is 15.0 Å². The van der Waals surface area contributed by atoms with Crippen LogP contribution in [0.2, 0.25) is 0 Å². The Hall–Kier alpha value is -2.33. The van der Waals surface area contributed by atoms with E-state index in [0.29, 0.717) is 6.04 Å². The average molecular weight is 349 g/mol. The Kier molecular flexibility index (Phi) is 5.21. The Morgan fingerprint density at radius 2 is 1.77 bits per heavy atom. The summed E-state index contributed by atoms with van der Waals surface area (Å²) in [4.78, 5) is 5.25.